The van der Waals surface area contributed by atoms with E-state index < -0.39 is 11.5 Å². The van der Waals surface area contributed by atoms with E-state index in [0.29, 0.717) is 32.2 Å². The lowest BCUT2D eigenvalue weighted by atomic mass is 9.92. The number of aryl methyl sites for hydroxylation is 1. The SMILES string of the molecule is CCC1(C(=O)O)CCCN1C(=O)CCc1cccc(Br)c1. The highest BCUT2D eigenvalue weighted by Gasteiger charge is 2.48. The molecule has 0 radical (unpaired) electrons. The van der Waals surface area contributed by atoms with Gasteiger partial charge < -0.3 is 10.0 Å². The average Bonchev–Trinajstić information content (AvgIpc) is 2.90. The molecule has 1 aromatic rings. The number of benzene rings is 1. The van der Waals surface area contributed by atoms with Gasteiger partial charge in [-0.3, -0.25) is 4.79 Å². The van der Waals surface area contributed by atoms with Gasteiger partial charge in [0, 0.05) is 17.4 Å². The summed E-state index contributed by atoms with van der Waals surface area (Å²) in [6, 6.07) is 7.85. The van der Waals surface area contributed by atoms with Crippen LogP contribution >= 0.6 is 15.9 Å². The van der Waals surface area contributed by atoms with Gasteiger partial charge in [0.05, 0.1) is 0 Å². The van der Waals surface area contributed by atoms with Gasteiger partial charge in [0.25, 0.3) is 0 Å². The van der Waals surface area contributed by atoms with E-state index in [2.05, 4.69) is 15.9 Å². The Labute approximate surface area is 133 Å². The summed E-state index contributed by atoms with van der Waals surface area (Å²) in [6.07, 6.45) is 2.77. The zero-order chi connectivity index (χ0) is 15.5. The van der Waals surface area contributed by atoms with Gasteiger partial charge in [-0.15, -0.1) is 0 Å². The van der Waals surface area contributed by atoms with E-state index in [1.807, 2.05) is 31.2 Å². The third-order valence-corrected chi connectivity index (χ3v) is 4.78. The first kappa shape index (κ1) is 16.0. The van der Waals surface area contributed by atoms with Gasteiger partial charge in [-0.05, 0) is 43.4 Å². The van der Waals surface area contributed by atoms with Crippen molar-refractivity contribution >= 4 is 27.8 Å². The van der Waals surface area contributed by atoms with Crippen molar-refractivity contribution in [2.45, 2.75) is 44.6 Å². The zero-order valence-electron chi connectivity index (χ0n) is 12.1. The fourth-order valence-corrected chi connectivity index (χ4v) is 3.51. The molecule has 1 saturated heterocycles. The Morgan fingerprint density at radius 1 is 1.43 bits per heavy atom. The zero-order valence-corrected chi connectivity index (χ0v) is 13.7. The first-order valence-corrected chi connectivity index (χ1v) is 8.07. The molecule has 4 nitrogen and oxygen atoms in total. The molecule has 0 spiro atoms. The standard InChI is InChI=1S/C16H20BrNO3/c1-2-16(15(20)21)9-4-10-18(16)14(19)8-7-12-5-3-6-13(17)11-12/h3,5-6,11H,2,4,7-10H2,1H3,(H,20,21). The quantitative estimate of drug-likeness (QED) is 0.883. The van der Waals surface area contributed by atoms with Gasteiger partial charge in [0.15, 0.2) is 0 Å². The molecule has 0 aromatic heterocycles. The van der Waals surface area contributed by atoms with E-state index in [4.69, 9.17) is 0 Å². The molecule has 1 heterocycles. The lowest BCUT2D eigenvalue weighted by Gasteiger charge is -2.34. The molecule has 1 fully saturated rings. The summed E-state index contributed by atoms with van der Waals surface area (Å²) in [7, 11) is 0. The number of rotatable bonds is 5. The summed E-state index contributed by atoms with van der Waals surface area (Å²) in [5.74, 6) is -0.935. The van der Waals surface area contributed by atoms with Crippen LogP contribution in [-0.2, 0) is 16.0 Å². The highest BCUT2D eigenvalue weighted by Crippen LogP contribution is 2.33. The van der Waals surface area contributed by atoms with E-state index in [1.54, 1.807) is 4.90 Å². The minimum Gasteiger partial charge on any atom is -0.479 e. The Bertz CT molecular complexity index is 546. The summed E-state index contributed by atoms with van der Waals surface area (Å²) in [5.41, 5.74) is 0.0864. The molecule has 2 rings (SSSR count). The number of hydrogen-bond donors (Lipinski definition) is 1. The van der Waals surface area contributed by atoms with Gasteiger partial charge >= 0.3 is 5.97 Å². The van der Waals surface area contributed by atoms with Gasteiger partial charge in [-0.2, -0.15) is 0 Å². The Kier molecular flexibility index (Phi) is 5.04. The van der Waals surface area contributed by atoms with Gasteiger partial charge in [-0.25, -0.2) is 4.79 Å². The minimum atomic E-state index is -0.992. The second-order valence-electron chi connectivity index (χ2n) is 5.47. The Morgan fingerprint density at radius 3 is 2.81 bits per heavy atom. The molecule has 114 valence electrons. The van der Waals surface area contributed by atoms with Crippen LogP contribution in [-0.4, -0.2) is 34.0 Å². The van der Waals surface area contributed by atoms with E-state index in [9.17, 15) is 14.7 Å². The van der Waals surface area contributed by atoms with Crippen LogP contribution in [0.5, 0.6) is 0 Å². The molecular weight excluding hydrogens is 334 g/mol. The third kappa shape index (κ3) is 3.28. The van der Waals surface area contributed by atoms with E-state index in [0.717, 1.165) is 16.5 Å². The predicted molar refractivity (Wildman–Crippen MR) is 84.1 cm³/mol. The van der Waals surface area contributed by atoms with Crippen molar-refractivity contribution in [3.63, 3.8) is 0 Å². The van der Waals surface area contributed by atoms with E-state index >= 15 is 0 Å². The van der Waals surface area contributed by atoms with Crippen LogP contribution in [0.1, 0.15) is 38.2 Å². The first-order chi connectivity index (χ1) is 9.99. The molecule has 1 aliphatic rings. The first-order valence-electron chi connectivity index (χ1n) is 7.28. The molecule has 1 N–H and O–H groups in total. The molecule has 1 amide bonds. The van der Waals surface area contributed by atoms with Crippen molar-refractivity contribution in [2.24, 2.45) is 0 Å². The van der Waals surface area contributed by atoms with Crippen LogP contribution in [0, 0.1) is 0 Å². The Hall–Kier alpha value is -1.36. The summed E-state index contributed by atoms with van der Waals surface area (Å²) in [4.78, 5) is 25.6. The third-order valence-electron chi connectivity index (χ3n) is 4.29. The number of nitrogens with zero attached hydrogens (tertiary/aromatic N) is 1. The molecule has 5 heteroatoms. The topological polar surface area (TPSA) is 57.6 Å². The number of likely N-dealkylation sites (tertiary alicyclic amines) is 1. The van der Waals surface area contributed by atoms with Gasteiger partial charge in [0.2, 0.25) is 5.91 Å². The summed E-state index contributed by atoms with van der Waals surface area (Å²) >= 11 is 3.41. The molecule has 0 saturated carbocycles. The highest BCUT2D eigenvalue weighted by molar-refractivity contribution is 9.10. The summed E-state index contributed by atoms with van der Waals surface area (Å²) in [5, 5.41) is 9.50. The number of aliphatic carboxylic acids is 1. The number of amides is 1. The fraction of sp³-hybridized carbons (Fsp3) is 0.500. The van der Waals surface area contributed by atoms with Crippen LogP contribution in [0.3, 0.4) is 0 Å². The van der Waals surface area contributed by atoms with Crippen molar-refractivity contribution in [2.75, 3.05) is 6.54 Å². The number of carbonyl (C=O) groups is 2. The average molecular weight is 354 g/mol. The molecular formula is C16H20BrNO3. The lowest BCUT2D eigenvalue weighted by molar-refractivity contribution is -0.156. The van der Waals surface area contributed by atoms with Crippen molar-refractivity contribution in [3.05, 3.63) is 34.3 Å². The molecule has 1 atom stereocenters. The lowest BCUT2D eigenvalue weighted by Crippen LogP contribution is -2.52. The Morgan fingerprint density at radius 2 is 2.19 bits per heavy atom. The van der Waals surface area contributed by atoms with Crippen LogP contribution in [0.25, 0.3) is 0 Å². The summed E-state index contributed by atoms with van der Waals surface area (Å²) in [6.45, 7) is 2.39. The van der Waals surface area contributed by atoms with Crippen LogP contribution in [0.4, 0.5) is 0 Å². The van der Waals surface area contributed by atoms with Gasteiger partial charge in [0.1, 0.15) is 5.54 Å². The van der Waals surface area contributed by atoms with Gasteiger partial charge in [-0.1, -0.05) is 35.0 Å². The van der Waals surface area contributed by atoms with Crippen molar-refractivity contribution in [1.29, 1.82) is 0 Å². The molecule has 0 bridgehead atoms. The second-order valence-corrected chi connectivity index (χ2v) is 6.38. The molecule has 1 aromatic carbocycles. The number of carboxylic acid groups (broad SMARTS) is 1. The predicted octanol–water partition coefficient (Wildman–Crippen LogP) is 3.24. The molecule has 1 aliphatic heterocycles. The Balaban J connectivity index is 2.04. The van der Waals surface area contributed by atoms with E-state index in [-0.39, 0.29) is 5.91 Å². The van der Waals surface area contributed by atoms with Crippen molar-refractivity contribution in [3.8, 4) is 0 Å². The molecule has 21 heavy (non-hydrogen) atoms. The van der Waals surface area contributed by atoms with Crippen LogP contribution < -0.4 is 0 Å². The van der Waals surface area contributed by atoms with Crippen molar-refractivity contribution < 1.29 is 14.7 Å². The fourth-order valence-electron chi connectivity index (χ4n) is 3.06. The second kappa shape index (κ2) is 6.60. The maximum atomic E-state index is 12.4. The van der Waals surface area contributed by atoms with E-state index in [1.165, 1.54) is 0 Å². The van der Waals surface area contributed by atoms with Crippen molar-refractivity contribution in [1.82, 2.24) is 4.90 Å². The highest BCUT2D eigenvalue weighted by atomic mass is 79.9. The largest absolute Gasteiger partial charge is 0.479 e. The summed E-state index contributed by atoms with van der Waals surface area (Å²) < 4.78 is 0.988. The number of halogens is 1. The number of hydrogen-bond acceptors (Lipinski definition) is 2. The minimum absolute atomic E-state index is 0.0586. The molecule has 1 unspecified atom stereocenters. The maximum Gasteiger partial charge on any atom is 0.329 e. The van der Waals surface area contributed by atoms with Crippen LogP contribution in [0.15, 0.2) is 28.7 Å². The van der Waals surface area contributed by atoms with Crippen LogP contribution in [0.2, 0.25) is 0 Å². The number of carboxylic acids is 1. The smallest absolute Gasteiger partial charge is 0.329 e. The maximum absolute atomic E-state index is 12.4. The number of carbonyl (C=O) groups excluding carboxylic acids is 1. The normalized spacial score (nSPS) is 21.5. The monoisotopic (exact) mass is 353 g/mol. The molecule has 0 aliphatic carbocycles.